The SMILES string of the molecule is C[C@@H](Oc1ccc(Cl)cn1)[C@H]1CCNC[C@@H]1c1ccc(Cl)cc1. The van der Waals surface area contributed by atoms with Crippen LogP contribution in [0.25, 0.3) is 0 Å². The highest BCUT2D eigenvalue weighted by Gasteiger charge is 2.32. The average molecular weight is 351 g/mol. The van der Waals surface area contributed by atoms with Gasteiger partial charge in [-0.15, -0.1) is 0 Å². The van der Waals surface area contributed by atoms with Crippen LogP contribution in [0.2, 0.25) is 10.0 Å². The molecule has 1 aromatic carbocycles. The first-order valence-electron chi connectivity index (χ1n) is 7.88. The van der Waals surface area contributed by atoms with E-state index in [0.29, 0.717) is 22.7 Å². The van der Waals surface area contributed by atoms with Crippen molar-refractivity contribution in [2.45, 2.75) is 25.4 Å². The molecule has 0 bridgehead atoms. The minimum atomic E-state index is 0.0754. The lowest BCUT2D eigenvalue weighted by Gasteiger charge is -2.36. The lowest BCUT2D eigenvalue weighted by molar-refractivity contribution is 0.108. The van der Waals surface area contributed by atoms with Crippen molar-refractivity contribution in [3.63, 3.8) is 0 Å². The van der Waals surface area contributed by atoms with Crippen LogP contribution in [0.5, 0.6) is 5.88 Å². The smallest absolute Gasteiger partial charge is 0.213 e. The highest BCUT2D eigenvalue weighted by atomic mass is 35.5. The van der Waals surface area contributed by atoms with Crippen LogP contribution >= 0.6 is 23.2 Å². The molecule has 3 nitrogen and oxygen atoms in total. The Balaban J connectivity index is 1.74. The normalized spacial score (nSPS) is 22.6. The van der Waals surface area contributed by atoms with Crippen LogP contribution in [-0.4, -0.2) is 24.2 Å². The van der Waals surface area contributed by atoms with E-state index < -0.39 is 0 Å². The van der Waals surface area contributed by atoms with E-state index in [-0.39, 0.29) is 6.10 Å². The molecule has 0 aliphatic carbocycles. The van der Waals surface area contributed by atoms with Gasteiger partial charge in [-0.3, -0.25) is 0 Å². The largest absolute Gasteiger partial charge is 0.474 e. The zero-order valence-corrected chi connectivity index (χ0v) is 14.5. The summed E-state index contributed by atoms with van der Waals surface area (Å²) in [6, 6.07) is 11.7. The summed E-state index contributed by atoms with van der Waals surface area (Å²) in [5.74, 6) is 1.45. The molecule has 3 rings (SSSR count). The summed E-state index contributed by atoms with van der Waals surface area (Å²) in [5, 5.41) is 4.87. The Labute approximate surface area is 147 Å². The van der Waals surface area contributed by atoms with Crippen molar-refractivity contribution in [1.82, 2.24) is 10.3 Å². The number of benzene rings is 1. The molecule has 122 valence electrons. The summed E-state index contributed by atoms with van der Waals surface area (Å²) in [4.78, 5) is 4.24. The number of piperidine rings is 1. The summed E-state index contributed by atoms with van der Waals surface area (Å²) in [6.45, 7) is 4.08. The molecule has 23 heavy (non-hydrogen) atoms. The molecule has 3 atom stereocenters. The number of hydrogen-bond acceptors (Lipinski definition) is 3. The number of aromatic nitrogens is 1. The van der Waals surface area contributed by atoms with Gasteiger partial charge >= 0.3 is 0 Å². The third kappa shape index (κ3) is 4.17. The Bertz CT molecular complexity index is 630. The number of halogens is 2. The van der Waals surface area contributed by atoms with Gasteiger partial charge in [-0.05, 0) is 43.7 Å². The van der Waals surface area contributed by atoms with Gasteiger partial charge in [0.15, 0.2) is 0 Å². The van der Waals surface area contributed by atoms with E-state index in [1.165, 1.54) is 5.56 Å². The van der Waals surface area contributed by atoms with Gasteiger partial charge in [0, 0.05) is 35.7 Å². The number of nitrogens with one attached hydrogen (secondary N) is 1. The third-order valence-electron chi connectivity index (χ3n) is 4.44. The molecule has 0 spiro atoms. The van der Waals surface area contributed by atoms with Gasteiger partial charge < -0.3 is 10.1 Å². The van der Waals surface area contributed by atoms with E-state index in [4.69, 9.17) is 27.9 Å². The van der Waals surface area contributed by atoms with Crippen LogP contribution in [0.1, 0.15) is 24.8 Å². The Kier molecular flexibility index (Phi) is 5.42. The number of nitrogens with zero attached hydrogens (tertiary/aromatic N) is 1. The molecule has 5 heteroatoms. The van der Waals surface area contributed by atoms with Gasteiger partial charge in [0.1, 0.15) is 6.10 Å². The molecule has 1 aromatic heterocycles. The van der Waals surface area contributed by atoms with Gasteiger partial charge in [0.2, 0.25) is 5.88 Å². The molecule has 1 fully saturated rings. The van der Waals surface area contributed by atoms with E-state index in [1.807, 2.05) is 18.2 Å². The van der Waals surface area contributed by atoms with Gasteiger partial charge in [0.25, 0.3) is 0 Å². The van der Waals surface area contributed by atoms with Crippen LogP contribution in [0.3, 0.4) is 0 Å². The fourth-order valence-corrected chi connectivity index (χ4v) is 3.46. The molecular weight excluding hydrogens is 331 g/mol. The minimum absolute atomic E-state index is 0.0754. The minimum Gasteiger partial charge on any atom is -0.474 e. The second-order valence-corrected chi connectivity index (χ2v) is 6.83. The van der Waals surface area contributed by atoms with Gasteiger partial charge in [-0.1, -0.05) is 35.3 Å². The maximum Gasteiger partial charge on any atom is 0.213 e. The fourth-order valence-electron chi connectivity index (χ4n) is 3.23. The summed E-state index contributed by atoms with van der Waals surface area (Å²) in [6.07, 6.45) is 2.76. The molecule has 0 amide bonds. The van der Waals surface area contributed by atoms with Crippen molar-refractivity contribution < 1.29 is 4.74 Å². The molecule has 2 heterocycles. The summed E-state index contributed by atoms with van der Waals surface area (Å²) < 4.78 is 6.06. The summed E-state index contributed by atoms with van der Waals surface area (Å²) in [7, 11) is 0. The first-order chi connectivity index (χ1) is 11.1. The number of hydrogen-bond donors (Lipinski definition) is 1. The predicted molar refractivity (Wildman–Crippen MR) is 94.5 cm³/mol. The van der Waals surface area contributed by atoms with Crippen LogP contribution in [0.4, 0.5) is 0 Å². The quantitative estimate of drug-likeness (QED) is 0.878. The fraction of sp³-hybridized carbons (Fsp3) is 0.389. The first-order valence-corrected chi connectivity index (χ1v) is 8.63. The van der Waals surface area contributed by atoms with Crippen LogP contribution in [0.15, 0.2) is 42.6 Å². The molecule has 1 aliphatic heterocycles. The van der Waals surface area contributed by atoms with Crippen molar-refractivity contribution in [1.29, 1.82) is 0 Å². The zero-order chi connectivity index (χ0) is 16.2. The van der Waals surface area contributed by atoms with E-state index in [2.05, 4.69) is 29.4 Å². The van der Waals surface area contributed by atoms with Crippen molar-refractivity contribution in [3.05, 3.63) is 58.2 Å². The standard InChI is InChI=1S/C18H20Cl2N2O/c1-12(23-18-7-6-15(20)10-22-18)16-8-9-21-11-17(16)13-2-4-14(19)5-3-13/h2-7,10,12,16-17,21H,8-9,11H2,1H3/t12-,16-,17-/m1/s1. The molecule has 0 saturated carbocycles. The molecule has 1 N–H and O–H groups in total. The number of rotatable bonds is 4. The van der Waals surface area contributed by atoms with Crippen molar-refractivity contribution in [2.75, 3.05) is 13.1 Å². The van der Waals surface area contributed by atoms with Crippen molar-refractivity contribution in [3.8, 4) is 5.88 Å². The van der Waals surface area contributed by atoms with Gasteiger partial charge in [-0.25, -0.2) is 4.98 Å². The summed E-state index contributed by atoms with van der Waals surface area (Å²) >= 11 is 11.9. The Morgan fingerprint density at radius 2 is 1.87 bits per heavy atom. The second-order valence-electron chi connectivity index (χ2n) is 5.95. The van der Waals surface area contributed by atoms with Gasteiger partial charge in [-0.2, -0.15) is 0 Å². The molecule has 1 aliphatic rings. The van der Waals surface area contributed by atoms with E-state index >= 15 is 0 Å². The Hall–Kier alpha value is -1.29. The van der Waals surface area contributed by atoms with Crippen LogP contribution in [0, 0.1) is 5.92 Å². The number of pyridine rings is 1. The summed E-state index contributed by atoms with van der Waals surface area (Å²) in [5.41, 5.74) is 1.30. The van der Waals surface area contributed by atoms with E-state index in [9.17, 15) is 0 Å². The van der Waals surface area contributed by atoms with E-state index in [0.717, 1.165) is 24.5 Å². The molecule has 2 aromatic rings. The van der Waals surface area contributed by atoms with Crippen molar-refractivity contribution >= 4 is 23.2 Å². The first kappa shape index (κ1) is 16.6. The molecular formula is C18H20Cl2N2O. The maximum atomic E-state index is 6.06. The second kappa shape index (κ2) is 7.52. The van der Waals surface area contributed by atoms with Crippen LogP contribution < -0.4 is 10.1 Å². The Morgan fingerprint density at radius 3 is 2.57 bits per heavy atom. The van der Waals surface area contributed by atoms with Crippen molar-refractivity contribution in [2.24, 2.45) is 5.92 Å². The molecule has 1 saturated heterocycles. The maximum absolute atomic E-state index is 6.06. The highest BCUT2D eigenvalue weighted by Crippen LogP contribution is 2.33. The lowest BCUT2D eigenvalue weighted by atomic mass is 9.78. The Morgan fingerprint density at radius 1 is 1.13 bits per heavy atom. The van der Waals surface area contributed by atoms with Crippen LogP contribution in [-0.2, 0) is 0 Å². The zero-order valence-electron chi connectivity index (χ0n) is 13.0. The topological polar surface area (TPSA) is 34.1 Å². The lowest BCUT2D eigenvalue weighted by Crippen LogP contribution is -2.41. The molecule has 0 radical (unpaired) electrons. The number of ether oxygens (including phenoxy) is 1. The van der Waals surface area contributed by atoms with E-state index in [1.54, 1.807) is 12.3 Å². The van der Waals surface area contributed by atoms with Gasteiger partial charge in [0.05, 0.1) is 5.02 Å². The average Bonchev–Trinajstić information content (AvgIpc) is 2.58. The molecule has 0 unspecified atom stereocenters. The highest BCUT2D eigenvalue weighted by molar-refractivity contribution is 6.30. The third-order valence-corrected chi connectivity index (χ3v) is 4.92. The monoisotopic (exact) mass is 350 g/mol. The predicted octanol–water partition coefficient (Wildman–Crippen LogP) is 4.55.